The van der Waals surface area contributed by atoms with E-state index in [0.717, 1.165) is 17.4 Å². The van der Waals surface area contributed by atoms with Gasteiger partial charge in [0, 0.05) is 29.7 Å². The molecule has 0 aliphatic carbocycles. The Hall–Kier alpha value is -1.35. The van der Waals surface area contributed by atoms with Crippen LogP contribution < -0.4 is 0 Å². The van der Waals surface area contributed by atoms with Crippen molar-refractivity contribution in [2.45, 2.75) is 52.1 Å². The highest BCUT2D eigenvalue weighted by atomic mass is 19.1. The van der Waals surface area contributed by atoms with Crippen LogP contribution in [0.15, 0.2) is 24.4 Å². The van der Waals surface area contributed by atoms with Crippen molar-refractivity contribution in [3.63, 3.8) is 0 Å². The molecule has 21 heavy (non-hydrogen) atoms. The minimum atomic E-state index is -0.138. The minimum Gasteiger partial charge on any atom is -0.345 e. The average Bonchev–Trinajstić information content (AvgIpc) is 2.63. The maximum Gasteiger partial charge on any atom is 0.123 e. The van der Waals surface area contributed by atoms with Crippen molar-refractivity contribution in [2.75, 3.05) is 13.1 Å². The van der Waals surface area contributed by atoms with E-state index in [-0.39, 0.29) is 5.82 Å². The van der Waals surface area contributed by atoms with Gasteiger partial charge >= 0.3 is 0 Å². The highest BCUT2D eigenvalue weighted by Gasteiger charge is 2.15. The predicted molar refractivity (Wildman–Crippen MR) is 86.0 cm³/mol. The number of nitrogens with zero attached hydrogens (tertiary/aromatic N) is 2. The molecule has 0 spiro atoms. The van der Waals surface area contributed by atoms with Crippen molar-refractivity contribution in [3.05, 3.63) is 35.8 Å². The molecule has 0 saturated carbocycles. The maximum absolute atomic E-state index is 13.6. The maximum atomic E-state index is 13.6. The summed E-state index contributed by atoms with van der Waals surface area (Å²) < 4.78 is 15.9. The van der Waals surface area contributed by atoms with Gasteiger partial charge in [0.05, 0.1) is 0 Å². The van der Waals surface area contributed by atoms with E-state index in [2.05, 4.69) is 29.5 Å². The molecule has 3 heteroatoms. The monoisotopic (exact) mass is 288 g/mol. The summed E-state index contributed by atoms with van der Waals surface area (Å²) in [4.78, 5) is 2.53. The Morgan fingerprint density at radius 2 is 1.81 bits per heavy atom. The Morgan fingerprint density at radius 1 is 1.10 bits per heavy atom. The normalized spacial score (nSPS) is 17.5. The standard InChI is InChI=1S/C18H25FN2/c1-14(2)21-13-15(12-20-9-5-3-4-6-10-20)17-11-16(19)7-8-18(17)21/h7-8,11,13-14H,3-6,9-10,12H2,1-2H3. The van der Waals surface area contributed by atoms with Crippen molar-refractivity contribution in [2.24, 2.45) is 0 Å². The van der Waals surface area contributed by atoms with Crippen LogP contribution in [0, 0.1) is 5.82 Å². The molecule has 2 heterocycles. The summed E-state index contributed by atoms with van der Waals surface area (Å²) in [5.41, 5.74) is 2.41. The van der Waals surface area contributed by atoms with Gasteiger partial charge in [-0.3, -0.25) is 4.90 Å². The van der Waals surface area contributed by atoms with Crippen LogP contribution in [0.2, 0.25) is 0 Å². The smallest absolute Gasteiger partial charge is 0.123 e. The Kier molecular flexibility index (Phi) is 4.29. The van der Waals surface area contributed by atoms with E-state index in [1.54, 1.807) is 12.1 Å². The summed E-state index contributed by atoms with van der Waals surface area (Å²) in [6, 6.07) is 5.57. The van der Waals surface area contributed by atoms with Gasteiger partial charge in [0.25, 0.3) is 0 Å². The Bertz CT molecular complexity index is 607. The number of aromatic nitrogens is 1. The fourth-order valence-electron chi connectivity index (χ4n) is 3.39. The van der Waals surface area contributed by atoms with E-state index in [0.29, 0.717) is 6.04 Å². The summed E-state index contributed by atoms with van der Waals surface area (Å²) in [6.07, 6.45) is 7.49. The molecule has 1 saturated heterocycles. The van der Waals surface area contributed by atoms with Crippen molar-refractivity contribution in [3.8, 4) is 0 Å². The second kappa shape index (κ2) is 6.18. The van der Waals surface area contributed by atoms with Crippen LogP contribution in [0.5, 0.6) is 0 Å². The van der Waals surface area contributed by atoms with Gasteiger partial charge in [-0.2, -0.15) is 0 Å². The number of fused-ring (bicyclic) bond motifs is 1. The van der Waals surface area contributed by atoms with E-state index >= 15 is 0 Å². The highest BCUT2D eigenvalue weighted by Crippen LogP contribution is 2.27. The van der Waals surface area contributed by atoms with E-state index in [9.17, 15) is 4.39 Å². The van der Waals surface area contributed by atoms with E-state index in [1.165, 1.54) is 44.3 Å². The number of hydrogen-bond donors (Lipinski definition) is 0. The zero-order chi connectivity index (χ0) is 14.8. The molecule has 2 nitrogen and oxygen atoms in total. The molecule has 0 radical (unpaired) electrons. The molecule has 2 aromatic rings. The predicted octanol–water partition coefficient (Wildman–Crippen LogP) is 4.74. The van der Waals surface area contributed by atoms with Crippen LogP contribution in [0.3, 0.4) is 0 Å². The van der Waals surface area contributed by atoms with Gasteiger partial charge in [-0.15, -0.1) is 0 Å². The summed E-state index contributed by atoms with van der Waals surface area (Å²) in [6.45, 7) is 7.64. The third-order valence-corrected chi connectivity index (χ3v) is 4.53. The summed E-state index contributed by atoms with van der Waals surface area (Å²) in [5.74, 6) is -0.138. The largest absolute Gasteiger partial charge is 0.345 e. The highest BCUT2D eigenvalue weighted by molar-refractivity contribution is 5.84. The molecule has 0 amide bonds. The number of benzene rings is 1. The topological polar surface area (TPSA) is 8.17 Å². The van der Waals surface area contributed by atoms with Crippen LogP contribution in [0.25, 0.3) is 10.9 Å². The molecule has 1 aliphatic heterocycles. The number of halogens is 1. The Morgan fingerprint density at radius 3 is 2.48 bits per heavy atom. The van der Waals surface area contributed by atoms with Gasteiger partial charge < -0.3 is 4.57 Å². The lowest BCUT2D eigenvalue weighted by atomic mass is 10.1. The Labute approximate surface area is 126 Å². The van der Waals surface area contributed by atoms with Crippen LogP contribution in [-0.4, -0.2) is 22.6 Å². The Balaban J connectivity index is 1.95. The first-order chi connectivity index (χ1) is 10.1. The van der Waals surface area contributed by atoms with Crippen molar-refractivity contribution in [1.29, 1.82) is 0 Å². The van der Waals surface area contributed by atoms with Crippen molar-refractivity contribution >= 4 is 10.9 Å². The summed E-state index contributed by atoms with van der Waals surface area (Å²) in [5, 5.41) is 1.08. The van der Waals surface area contributed by atoms with Gasteiger partial charge in [0.2, 0.25) is 0 Å². The lowest BCUT2D eigenvalue weighted by Crippen LogP contribution is -2.23. The lowest BCUT2D eigenvalue weighted by molar-refractivity contribution is 0.277. The van der Waals surface area contributed by atoms with Crippen LogP contribution in [0.1, 0.15) is 51.1 Å². The van der Waals surface area contributed by atoms with Crippen LogP contribution in [-0.2, 0) is 6.54 Å². The summed E-state index contributed by atoms with van der Waals surface area (Å²) in [7, 11) is 0. The zero-order valence-electron chi connectivity index (χ0n) is 13.1. The first kappa shape index (κ1) is 14.6. The number of rotatable bonds is 3. The molecule has 3 rings (SSSR count). The van der Waals surface area contributed by atoms with Gasteiger partial charge in [0.15, 0.2) is 0 Å². The molecular formula is C18H25FN2. The average molecular weight is 288 g/mol. The molecule has 1 aromatic carbocycles. The molecule has 0 N–H and O–H groups in total. The van der Waals surface area contributed by atoms with E-state index in [4.69, 9.17) is 0 Å². The SMILES string of the molecule is CC(C)n1cc(CN2CCCCCC2)c2cc(F)ccc21. The molecule has 114 valence electrons. The molecule has 1 aliphatic rings. The molecular weight excluding hydrogens is 263 g/mol. The molecule has 0 unspecified atom stereocenters. The van der Waals surface area contributed by atoms with Gasteiger partial charge in [-0.05, 0) is 63.5 Å². The quantitative estimate of drug-likeness (QED) is 0.792. The molecule has 1 fully saturated rings. The zero-order valence-corrected chi connectivity index (χ0v) is 13.1. The van der Waals surface area contributed by atoms with Gasteiger partial charge in [0.1, 0.15) is 5.82 Å². The van der Waals surface area contributed by atoms with Crippen molar-refractivity contribution < 1.29 is 4.39 Å². The van der Waals surface area contributed by atoms with Crippen LogP contribution >= 0.6 is 0 Å². The van der Waals surface area contributed by atoms with Crippen LogP contribution in [0.4, 0.5) is 4.39 Å². The van der Waals surface area contributed by atoms with E-state index < -0.39 is 0 Å². The first-order valence-corrected chi connectivity index (χ1v) is 8.16. The number of likely N-dealkylation sites (tertiary alicyclic amines) is 1. The van der Waals surface area contributed by atoms with Gasteiger partial charge in [-0.25, -0.2) is 4.39 Å². The van der Waals surface area contributed by atoms with Crippen molar-refractivity contribution in [1.82, 2.24) is 9.47 Å². The fourth-order valence-corrected chi connectivity index (χ4v) is 3.39. The summed E-state index contributed by atoms with van der Waals surface area (Å²) >= 11 is 0. The first-order valence-electron chi connectivity index (χ1n) is 8.16. The minimum absolute atomic E-state index is 0.138. The van der Waals surface area contributed by atoms with Gasteiger partial charge in [-0.1, -0.05) is 12.8 Å². The van der Waals surface area contributed by atoms with E-state index in [1.807, 2.05) is 6.07 Å². The third-order valence-electron chi connectivity index (χ3n) is 4.53. The molecule has 0 bridgehead atoms. The second-order valence-corrected chi connectivity index (χ2v) is 6.51. The fraction of sp³-hybridized carbons (Fsp3) is 0.556. The third kappa shape index (κ3) is 3.13. The number of hydrogen-bond acceptors (Lipinski definition) is 1. The second-order valence-electron chi connectivity index (χ2n) is 6.51. The molecule has 1 aromatic heterocycles. The lowest BCUT2D eigenvalue weighted by Gasteiger charge is -2.19. The molecule has 0 atom stereocenters.